The van der Waals surface area contributed by atoms with Crippen LogP contribution in [0.4, 0.5) is 10.1 Å². The Bertz CT molecular complexity index is 1620. The second-order valence-corrected chi connectivity index (χ2v) is 13.1. The summed E-state index contributed by atoms with van der Waals surface area (Å²) in [4.78, 5) is 33.7. The van der Waals surface area contributed by atoms with Gasteiger partial charge in [0.15, 0.2) is 0 Å². The molecule has 0 spiro atoms. The molecule has 1 aliphatic rings. The lowest BCUT2D eigenvalue weighted by Crippen LogP contribution is -2.38. The van der Waals surface area contributed by atoms with Crippen molar-refractivity contribution in [1.82, 2.24) is 9.80 Å². The molecule has 2 amide bonds. The average Bonchev–Trinajstić information content (AvgIpc) is 3.07. The molecule has 0 atom stereocenters. The molecule has 246 valence electrons. The van der Waals surface area contributed by atoms with Gasteiger partial charge in [-0.05, 0) is 65.1 Å². The van der Waals surface area contributed by atoms with Crippen LogP contribution >= 0.6 is 0 Å². The number of anilines is 1. The Kier molecular flexibility index (Phi) is 11.4. The second kappa shape index (κ2) is 15.8. The monoisotopic (exact) mass is 637 g/mol. The first kappa shape index (κ1) is 33.8. The van der Waals surface area contributed by atoms with Crippen LogP contribution in [0.5, 0.6) is 5.75 Å². The van der Waals surface area contributed by atoms with Crippen LogP contribution in [0, 0.1) is 11.2 Å². The summed E-state index contributed by atoms with van der Waals surface area (Å²) in [6, 6.07) is 30.4. The van der Waals surface area contributed by atoms with E-state index in [-0.39, 0.29) is 23.8 Å². The number of hydrogen-bond acceptors (Lipinski definition) is 5. The van der Waals surface area contributed by atoms with Crippen molar-refractivity contribution in [3.05, 3.63) is 131 Å². The summed E-state index contributed by atoms with van der Waals surface area (Å²) in [5.74, 6) is -0.121. The third-order valence-corrected chi connectivity index (χ3v) is 7.93. The standard InChI is InChI=1S/C39H44FN3O4/c1-39(2,3)29-42(27-30-9-5-4-6-10-30)37(44)33-12-7-11-31(25-33)28-43(38(45)32-15-17-34(40)18-16-32)35-13-8-14-36(26-35)47-24-21-41-19-22-46-23-20-41/h4-18,25-26H,19-24,27-29H2,1-3H3. The Morgan fingerprint density at radius 1 is 0.787 bits per heavy atom. The van der Waals surface area contributed by atoms with E-state index in [9.17, 15) is 14.0 Å². The van der Waals surface area contributed by atoms with E-state index in [0.29, 0.717) is 42.3 Å². The van der Waals surface area contributed by atoms with Gasteiger partial charge in [0.1, 0.15) is 18.2 Å². The first-order valence-corrected chi connectivity index (χ1v) is 16.2. The number of benzene rings is 4. The lowest BCUT2D eigenvalue weighted by Gasteiger charge is -2.30. The van der Waals surface area contributed by atoms with Crippen LogP contribution in [0.2, 0.25) is 0 Å². The molecule has 0 N–H and O–H groups in total. The molecule has 4 aromatic rings. The number of ether oxygens (including phenoxy) is 2. The van der Waals surface area contributed by atoms with Gasteiger partial charge in [0.05, 0.1) is 19.8 Å². The molecule has 1 aliphatic heterocycles. The molecule has 5 rings (SSSR count). The van der Waals surface area contributed by atoms with Gasteiger partial charge in [-0.2, -0.15) is 0 Å². The van der Waals surface area contributed by atoms with Crippen molar-refractivity contribution in [1.29, 1.82) is 0 Å². The Morgan fingerprint density at radius 2 is 1.49 bits per heavy atom. The third kappa shape index (κ3) is 9.98. The van der Waals surface area contributed by atoms with E-state index in [1.807, 2.05) is 83.8 Å². The summed E-state index contributed by atoms with van der Waals surface area (Å²) in [7, 11) is 0. The smallest absolute Gasteiger partial charge is 0.258 e. The molecule has 0 aromatic heterocycles. The van der Waals surface area contributed by atoms with Gasteiger partial charge in [-0.15, -0.1) is 0 Å². The summed E-state index contributed by atoms with van der Waals surface area (Å²) in [5.41, 5.74) is 3.30. The molecule has 1 heterocycles. The molecule has 0 bridgehead atoms. The highest BCUT2D eigenvalue weighted by Gasteiger charge is 2.24. The molecule has 0 unspecified atom stereocenters. The van der Waals surface area contributed by atoms with Gasteiger partial charge >= 0.3 is 0 Å². The van der Waals surface area contributed by atoms with Crippen molar-refractivity contribution in [2.45, 2.75) is 33.9 Å². The first-order valence-electron chi connectivity index (χ1n) is 16.2. The number of rotatable bonds is 12. The summed E-state index contributed by atoms with van der Waals surface area (Å²) < 4.78 is 25.3. The number of hydrogen-bond donors (Lipinski definition) is 0. The molecule has 47 heavy (non-hydrogen) atoms. The SMILES string of the molecule is CC(C)(C)CN(Cc1ccccc1)C(=O)c1cccc(CN(C(=O)c2ccc(F)cc2)c2cccc(OCCN3CCOCC3)c2)c1. The van der Waals surface area contributed by atoms with Gasteiger partial charge < -0.3 is 19.3 Å². The molecule has 7 nitrogen and oxygen atoms in total. The van der Waals surface area contributed by atoms with Crippen LogP contribution < -0.4 is 9.64 Å². The maximum atomic E-state index is 14.0. The first-order chi connectivity index (χ1) is 22.6. The lowest BCUT2D eigenvalue weighted by molar-refractivity contribution is 0.0322. The number of carbonyl (C=O) groups excluding carboxylic acids is 2. The predicted octanol–water partition coefficient (Wildman–Crippen LogP) is 7.07. The fourth-order valence-corrected chi connectivity index (χ4v) is 5.63. The van der Waals surface area contributed by atoms with Gasteiger partial charge in [-0.3, -0.25) is 14.5 Å². The van der Waals surface area contributed by atoms with E-state index in [0.717, 1.165) is 44.0 Å². The van der Waals surface area contributed by atoms with E-state index >= 15 is 0 Å². The van der Waals surface area contributed by atoms with Crippen molar-refractivity contribution in [2.24, 2.45) is 5.41 Å². The van der Waals surface area contributed by atoms with Gasteiger partial charge in [0, 0.05) is 55.6 Å². The zero-order valence-electron chi connectivity index (χ0n) is 27.5. The van der Waals surface area contributed by atoms with Gasteiger partial charge in [0.2, 0.25) is 0 Å². The van der Waals surface area contributed by atoms with Crippen LogP contribution in [-0.4, -0.2) is 67.6 Å². The summed E-state index contributed by atoms with van der Waals surface area (Å²) >= 11 is 0. The zero-order chi connectivity index (χ0) is 33.2. The summed E-state index contributed by atoms with van der Waals surface area (Å²) in [5, 5.41) is 0. The van der Waals surface area contributed by atoms with Crippen molar-refractivity contribution in [3.8, 4) is 5.75 Å². The molecular formula is C39H44FN3O4. The minimum atomic E-state index is -0.412. The van der Waals surface area contributed by atoms with Crippen LogP contribution in [0.15, 0.2) is 103 Å². The highest BCUT2D eigenvalue weighted by molar-refractivity contribution is 6.06. The maximum absolute atomic E-state index is 14.0. The van der Waals surface area contributed by atoms with Crippen molar-refractivity contribution in [3.63, 3.8) is 0 Å². The predicted molar refractivity (Wildman–Crippen MR) is 183 cm³/mol. The number of amides is 2. The Morgan fingerprint density at radius 3 is 2.21 bits per heavy atom. The molecule has 0 radical (unpaired) electrons. The number of morpholine rings is 1. The van der Waals surface area contributed by atoms with Crippen LogP contribution in [0.25, 0.3) is 0 Å². The lowest BCUT2D eigenvalue weighted by atomic mass is 9.95. The topological polar surface area (TPSA) is 62.3 Å². The molecule has 1 fully saturated rings. The molecule has 0 aliphatic carbocycles. The maximum Gasteiger partial charge on any atom is 0.258 e. The van der Waals surface area contributed by atoms with Gasteiger partial charge in [-0.1, -0.05) is 69.3 Å². The van der Waals surface area contributed by atoms with Crippen molar-refractivity contribution < 1.29 is 23.5 Å². The molecule has 1 saturated heterocycles. The highest BCUT2D eigenvalue weighted by atomic mass is 19.1. The summed E-state index contributed by atoms with van der Waals surface area (Å²) in [6.45, 7) is 12.1. The van der Waals surface area contributed by atoms with Crippen LogP contribution in [0.3, 0.4) is 0 Å². The second-order valence-electron chi connectivity index (χ2n) is 13.1. The van der Waals surface area contributed by atoms with E-state index < -0.39 is 5.82 Å². The fourth-order valence-electron chi connectivity index (χ4n) is 5.63. The quantitative estimate of drug-likeness (QED) is 0.166. The largest absolute Gasteiger partial charge is 0.492 e. The Balaban J connectivity index is 1.39. The van der Waals surface area contributed by atoms with E-state index in [1.54, 1.807) is 4.90 Å². The van der Waals surface area contributed by atoms with Gasteiger partial charge in [-0.25, -0.2) is 4.39 Å². The Labute approximate surface area is 277 Å². The normalized spacial score (nSPS) is 13.6. The molecule has 4 aromatic carbocycles. The fraction of sp³-hybridized carbons (Fsp3) is 0.333. The Hall–Kier alpha value is -4.53. The van der Waals surface area contributed by atoms with Crippen LogP contribution in [-0.2, 0) is 17.8 Å². The van der Waals surface area contributed by atoms with Crippen molar-refractivity contribution >= 4 is 17.5 Å². The molecule has 8 heteroatoms. The molecule has 0 saturated carbocycles. The van der Waals surface area contributed by atoms with E-state index in [4.69, 9.17) is 9.47 Å². The van der Waals surface area contributed by atoms with Crippen LogP contribution in [0.1, 0.15) is 52.6 Å². The number of carbonyl (C=O) groups is 2. The number of halogens is 1. The minimum Gasteiger partial charge on any atom is -0.492 e. The number of nitrogens with zero attached hydrogens (tertiary/aromatic N) is 3. The molecular weight excluding hydrogens is 593 g/mol. The summed E-state index contributed by atoms with van der Waals surface area (Å²) in [6.07, 6.45) is 0. The van der Waals surface area contributed by atoms with E-state index in [2.05, 4.69) is 25.7 Å². The van der Waals surface area contributed by atoms with Crippen molar-refractivity contribution in [2.75, 3.05) is 50.9 Å². The third-order valence-electron chi connectivity index (χ3n) is 7.93. The van der Waals surface area contributed by atoms with Gasteiger partial charge in [0.25, 0.3) is 11.8 Å². The minimum absolute atomic E-state index is 0.0716. The van der Waals surface area contributed by atoms with E-state index in [1.165, 1.54) is 24.3 Å². The average molecular weight is 638 g/mol. The highest BCUT2D eigenvalue weighted by Crippen LogP contribution is 2.26. The zero-order valence-corrected chi connectivity index (χ0v) is 27.5.